The summed E-state index contributed by atoms with van der Waals surface area (Å²) in [5.74, 6) is -0.155. The highest BCUT2D eigenvalue weighted by atomic mass is 31.2. The van der Waals surface area contributed by atoms with Crippen LogP contribution in [-0.4, -0.2) is 73.4 Å². The van der Waals surface area contributed by atoms with Gasteiger partial charge < -0.3 is 19.8 Å². The smallest absolute Gasteiger partial charge is 0.391 e. The Labute approximate surface area is 240 Å². The molecule has 234 valence electrons. The van der Waals surface area contributed by atoms with Gasteiger partial charge in [-0.15, -0.1) is 0 Å². The lowest BCUT2D eigenvalue weighted by Crippen LogP contribution is -2.46. The number of hydrogen-bond donors (Lipinski definition) is 3. The number of rotatable bonds is 28. The van der Waals surface area contributed by atoms with Crippen LogP contribution in [0.3, 0.4) is 0 Å². The fourth-order valence-electron chi connectivity index (χ4n) is 4.45. The molecule has 0 aliphatic heterocycles. The number of hydrogen-bond acceptors (Lipinski definition) is 5. The van der Waals surface area contributed by atoms with Crippen molar-refractivity contribution in [1.29, 1.82) is 0 Å². The molecule has 0 saturated heterocycles. The molecule has 0 radical (unpaired) electrons. The van der Waals surface area contributed by atoms with Gasteiger partial charge in [0.25, 0.3) is 0 Å². The Kier molecular flexibility index (Phi) is 23.8. The second kappa shape index (κ2) is 24.1. The van der Waals surface area contributed by atoms with Crippen LogP contribution in [0.15, 0.2) is 0 Å². The van der Waals surface area contributed by atoms with Gasteiger partial charge in [-0.1, -0.05) is 117 Å². The van der Waals surface area contributed by atoms with E-state index in [-0.39, 0.29) is 19.1 Å². The van der Waals surface area contributed by atoms with Gasteiger partial charge in [-0.05, 0) is 12.8 Å². The number of phosphoric acid groups is 1. The molecular formula is C30H64N2O6P+. The number of amides is 1. The lowest BCUT2D eigenvalue weighted by molar-refractivity contribution is -0.870. The van der Waals surface area contributed by atoms with Gasteiger partial charge in [0.1, 0.15) is 13.2 Å². The molecule has 0 fully saturated rings. The van der Waals surface area contributed by atoms with Gasteiger partial charge in [0.05, 0.1) is 39.9 Å². The zero-order chi connectivity index (χ0) is 29.4. The molecule has 0 aromatic heterocycles. The average molecular weight is 580 g/mol. The maximum Gasteiger partial charge on any atom is 0.472 e. The second-order valence-corrected chi connectivity index (χ2v) is 13.6. The van der Waals surface area contributed by atoms with Crippen molar-refractivity contribution in [1.82, 2.24) is 5.32 Å². The van der Waals surface area contributed by atoms with E-state index in [0.717, 1.165) is 38.5 Å². The zero-order valence-electron chi connectivity index (χ0n) is 26.1. The van der Waals surface area contributed by atoms with Crippen LogP contribution >= 0.6 is 7.82 Å². The molecule has 0 aliphatic rings. The Morgan fingerprint density at radius 3 is 1.72 bits per heavy atom. The van der Waals surface area contributed by atoms with Crippen LogP contribution in [0.1, 0.15) is 136 Å². The van der Waals surface area contributed by atoms with Crippen molar-refractivity contribution in [2.45, 2.75) is 148 Å². The summed E-state index contributed by atoms with van der Waals surface area (Å²) in [6.45, 7) is 4.79. The molecule has 8 nitrogen and oxygen atoms in total. The van der Waals surface area contributed by atoms with Crippen LogP contribution in [-0.2, 0) is 18.4 Å². The van der Waals surface area contributed by atoms with Crippen LogP contribution in [0.5, 0.6) is 0 Å². The fourth-order valence-corrected chi connectivity index (χ4v) is 5.19. The van der Waals surface area contributed by atoms with Crippen molar-refractivity contribution in [3.8, 4) is 0 Å². The number of unbranched alkanes of at least 4 members (excludes halogenated alkanes) is 15. The highest BCUT2D eigenvalue weighted by molar-refractivity contribution is 7.47. The number of phosphoric ester groups is 1. The van der Waals surface area contributed by atoms with Crippen LogP contribution in [0, 0.1) is 0 Å². The lowest BCUT2D eigenvalue weighted by atomic mass is 10.0. The molecule has 1 amide bonds. The molecule has 0 aliphatic carbocycles. The Bertz CT molecular complexity index is 629. The first-order valence-electron chi connectivity index (χ1n) is 15.9. The Morgan fingerprint density at radius 2 is 1.23 bits per heavy atom. The molecular weight excluding hydrogens is 515 g/mol. The number of nitrogens with zero attached hydrogens (tertiary/aromatic N) is 1. The summed E-state index contributed by atoms with van der Waals surface area (Å²) in [7, 11) is 1.61. The normalized spacial score (nSPS) is 15.2. The molecule has 0 bridgehead atoms. The summed E-state index contributed by atoms with van der Waals surface area (Å²) >= 11 is 0. The van der Waals surface area contributed by atoms with E-state index < -0.39 is 20.0 Å². The van der Waals surface area contributed by atoms with Crippen LogP contribution in [0.2, 0.25) is 0 Å². The van der Waals surface area contributed by atoms with Crippen molar-refractivity contribution in [3.05, 3.63) is 0 Å². The average Bonchev–Trinajstić information content (AvgIpc) is 2.86. The Hall–Kier alpha value is -0.500. The Balaban J connectivity index is 4.57. The lowest BCUT2D eigenvalue weighted by Gasteiger charge is -2.26. The number of quaternary nitrogens is 1. The third kappa shape index (κ3) is 26.2. The highest BCUT2D eigenvalue weighted by Crippen LogP contribution is 2.43. The topological polar surface area (TPSA) is 105 Å². The minimum atomic E-state index is -4.28. The van der Waals surface area contributed by atoms with Gasteiger partial charge in [0.2, 0.25) is 5.91 Å². The van der Waals surface area contributed by atoms with Crippen molar-refractivity contribution >= 4 is 13.7 Å². The minimum absolute atomic E-state index is 0.0771. The van der Waals surface area contributed by atoms with Crippen LogP contribution < -0.4 is 5.32 Å². The molecule has 0 saturated carbocycles. The quantitative estimate of drug-likeness (QED) is 0.0518. The minimum Gasteiger partial charge on any atom is -0.391 e. The summed E-state index contributed by atoms with van der Waals surface area (Å²) in [4.78, 5) is 22.7. The first kappa shape index (κ1) is 38.5. The first-order valence-corrected chi connectivity index (χ1v) is 17.4. The number of carbonyl (C=O) groups is 1. The fraction of sp³-hybridized carbons (Fsp3) is 0.967. The molecule has 0 aromatic carbocycles. The Morgan fingerprint density at radius 1 is 0.769 bits per heavy atom. The molecule has 39 heavy (non-hydrogen) atoms. The summed E-state index contributed by atoms with van der Waals surface area (Å²) in [5, 5.41) is 13.7. The monoisotopic (exact) mass is 579 g/mol. The van der Waals surface area contributed by atoms with Gasteiger partial charge in [-0.2, -0.15) is 0 Å². The number of carbonyl (C=O) groups excluding carboxylic acids is 1. The van der Waals surface area contributed by atoms with E-state index in [1.165, 1.54) is 70.6 Å². The predicted octanol–water partition coefficient (Wildman–Crippen LogP) is 7.12. The van der Waals surface area contributed by atoms with E-state index in [1.807, 2.05) is 21.1 Å². The number of nitrogens with one attached hydrogen (secondary N) is 1. The molecule has 3 N–H and O–H groups in total. The van der Waals surface area contributed by atoms with E-state index in [4.69, 9.17) is 9.05 Å². The van der Waals surface area contributed by atoms with Gasteiger partial charge in [0, 0.05) is 6.42 Å². The van der Waals surface area contributed by atoms with E-state index in [9.17, 15) is 19.4 Å². The largest absolute Gasteiger partial charge is 0.472 e. The predicted molar refractivity (Wildman–Crippen MR) is 162 cm³/mol. The highest BCUT2D eigenvalue weighted by Gasteiger charge is 2.28. The molecule has 0 spiro atoms. The molecule has 0 rings (SSSR count). The number of likely N-dealkylation sites (N-methyl/N-ethyl adjacent to an activating group) is 1. The van der Waals surface area contributed by atoms with Gasteiger partial charge >= 0.3 is 7.82 Å². The van der Waals surface area contributed by atoms with Crippen molar-refractivity contribution in [2.24, 2.45) is 0 Å². The summed E-state index contributed by atoms with van der Waals surface area (Å²) < 4.78 is 23.3. The van der Waals surface area contributed by atoms with E-state index in [2.05, 4.69) is 19.2 Å². The van der Waals surface area contributed by atoms with Gasteiger partial charge in [0.15, 0.2) is 0 Å². The van der Waals surface area contributed by atoms with E-state index in [1.54, 1.807) is 0 Å². The standard InChI is InChI=1S/C30H63N2O6P/c1-6-8-10-12-14-15-16-18-19-21-23-29(33)28(27-38-39(35,36)37-26-25-32(3,4)5)31-30(34)24-22-20-17-13-11-9-7-2/h28-29,33H,6-27H2,1-5H3,(H-,31,34,35,36)/p+1. The molecule has 0 aromatic rings. The van der Waals surface area contributed by atoms with Crippen molar-refractivity contribution in [3.63, 3.8) is 0 Å². The molecule has 9 heteroatoms. The van der Waals surface area contributed by atoms with Gasteiger partial charge in [-0.3, -0.25) is 13.8 Å². The second-order valence-electron chi connectivity index (χ2n) is 12.2. The number of aliphatic hydroxyl groups is 1. The summed E-state index contributed by atoms with van der Waals surface area (Å²) in [6, 6.07) is -0.747. The maximum atomic E-state index is 12.6. The van der Waals surface area contributed by atoms with Crippen LogP contribution in [0.4, 0.5) is 0 Å². The maximum absolute atomic E-state index is 12.6. The van der Waals surface area contributed by atoms with Crippen LogP contribution in [0.25, 0.3) is 0 Å². The summed E-state index contributed by atoms with van der Waals surface area (Å²) in [6.07, 6.45) is 19.9. The third-order valence-electron chi connectivity index (χ3n) is 7.11. The first-order chi connectivity index (χ1) is 18.5. The third-order valence-corrected chi connectivity index (χ3v) is 8.09. The van der Waals surface area contributed by atoms with Gasteiger partial charge in [-0.25, -0.2) is 4.57 Å². The summed E-state index contributed by atoms with van der Waals surface area (Å²) in [5.41, 5.74) is 0. The molecule has 3 atom stereocenters. The SMILES string of the molecule is CCCCCCCCCCCCC(O)C(COP(=O)(O)OCC[N+](C)(C)C)NC(=O)CCCCCCCCC. The van der Waals surface area contributed by atoms with Crippen molar-refractivity contribution in [2.75, 3.05) is 40.9 Å². The molecule has 0 heterocycles. The van der Waals surface area contributed by atoms with E-state index >= 15 is 0 Å². The molecule has 3 unspecified atom stereocenters. The number of aliphatic hydroxyl groups excluding tert-OH is 1. The van der Waals surface area contributed by atoms with E-state index in [0.29, 0.717) is 23.9 Å². The van der Waals surface area contributed by atoms with Crippen molar-refractivity contribution < 1.29 is 32.9 Å². The zero-order valence-corrected chi connectivity index (χ0v) is 27.0.